The summed E-state index contributed by atoms with van der Waals surface area (Å²) in [5.41, 5.74) is 4.25. The highest BCUT2D eigenvalue weighted by Gasteiger charge is 2.18. The summed E-state index contributed by atoms with van der Waals surface area (Å²) in [4.78, 5) is 4.70. The second kappa shape index (κ2) is 11.0. The molecule has 30 heavy (non-hydrogen) atoms. The predicted octanol–water partition coefficient (Wildman–Crippen LogP) is 3.26. The number of nitrogens with zero attached hydrogens (tertiary/aromatic N) is 1. The Balaban J connectivity index is 1.64. The standard InChI is InChI=1S/C24H33N3O3/c1-4-25-24(27-15-22(28)19-8-5-17(2)6-9-19)26-14-20-10-7-18(3)13-23(20)30-21-11-12-29-16-21/h5-10,13,21-22,28H,4,11-12,14-16H2,1-3H3,(H2,25,26,27). The quantitative estimate of drug-likeness (QED) is 0.459. The predicted molar refractivity (Wildman–Crippen MR) is 120 cm³/mol. The van der Waals surface area contributed by atoms with Gasteiger partial charge in [-0.2, -0.15) is 0 Å². The van der Waals surface area contributed by atoms with E-state index in [4.69, 9.17) is 14.5 Å². The zero-order valence-corrected chi connectivity index (χ0v) is 18.1. The molecule has 1 fully saturated rings. The second-order valence-corrected chi connectivity index (χ2v) is 7.72. The summed E-state index contributed by atoms with van der Waals surface area (Å²) < 4.78 is 11.6. The van der Waals surface area contributed by atoms with Crippen molar-refractivity contribution in [2.45, 2.75) is 45.9 Å². The Hall–Kier alpha value is -2.57. The average Bonchev–Trinajstić information content (AvgIpc) is 3.24. The van der Waals surface area contributed by atoms with Crippen molar-refractivity contribution in [3.8, 4) is 5.75 Å². The number of aliphatic hydroxyl groups excluding tert-OH is 1. The molecule has 0 amide bonds. The molecule has 2 atom stereocenters. The van der Waals surface area contributed by atoms with Gasteiger partial charge in [0.15, 0.2) is 5.96 Å². The SMILES string of the molecule is CCNC(=NCc1ccc(C)cc1OC1CCOC1)NCC(O)c1ccc(C)cc1. The fourth-order valence-electron chi connectivity index (χ4n) is 3.29. The topological polar surface area (TPSA) is 75.1 Å². The van der Waals surface area contributed by atoms with Gasteiger partial charge < -0.3 is 25.2 Å². The molecule has 2 unspecified atom stereocenters. The highest BCUT2D eigenvalue weighted by atomic mass is 16.5. The van der Waals surface area contributed by atoms with Crippen LogP contribution in [0.3, 0.4) is 0 Å². The lowest BCUT2D eigenvalue weighted by atomic mass is 10.1. The maximum Gasteiger partial charge on any atom is 0.191 e. The molecule has 0 radical (unpaired) electrons. The van der Waals surface area contributed by atoms with Crippen molar-refractivity contribution >= 4 is 5.96 Å². The Morgan fingerprint density at radius 1 is 1.17 bits per heavy atom. The van der Waals surface area contributed by atoms with E-state index in [-0.39, 0.29) is 6.10 Å². The van der Waals surface area contributed by atoms with Gasteiger partial charge in [0.2, 0.25) is 0 Å². The van der Waals surface area contributed by atoms with Crippen molar-refractivity contribution < 1.29 is 14.6 Å². The number of aryl methyl sites for hydroxylation is 2. The summed E-state index contributed by atoms with van der Waals surface area (Å²) in [5, 5.41) is 16.9. The van der Waals surface area contributed by atoms with Gasteiger partial charge in [-0.25, -0.2) is 4.99 Å². The lowest BCUT2D eigenvalue weighted by molar-refractivity contribution is 0.140. The smallest absolute Gasteiger partial charge is 0.191 e. The molecule has 6 heteroatoms. The van der Waals surface area contributed by atoms with Crippen LogP contribution in [0.15, 0.2) is 47.5 Å². The number of aliphatic hydroxyl groups is 1. The Morgan fingerprint density at radius 2 is 1.93 bits per heavy atom. The molecule has 0 aliphatic carbocycles. The number of benzene rings is 2. The summed E-state index contributed by atoms with van der Waals surface area (Å²) in [7, 11) is 0. The molecular formula is C24H33N3O3. The van der Waals surface area contributed by atoms with Crippen LogP contribution in [0, 0.1) is 13.8 Å². The molecular weight excluding hydrogens is 378 g/mol. The first kappa shape index (κ1) is 22.1. The number of guanidine groups is 1. The fourth-order valence-corrected chi connectivity index (χ4v) is 3.29. The van der Waals surface area contributed by atoms with E-state index in [0.29, 0.717) is 25.7 Å². The maximum absolute atomic E-state index is 10.5. The third kappa shape index (κ3) is 6.47. The summed E-state index contributed by atoms with van der Waals surface area (Å²) in [6, 6.07) is 14.1. The van der Waals surface area contributed by atoms with E-state index in [1.54, 1.807) is 0 Å². The Kier molecular flexibility index (Phi) is 8.11. The van der Waals surface area contributed by atoms with Crippen molar-refractivity contribution in [1.29, 1.82) is 0 Å². The van der Waals surface area contributed by atoms with E-state index in [1.807, 2.05) is 38.1 Å². The molecule has 6 nitrogen and oxygen atoms in total. The minimum atomic E-state index is -0.602. The van der Waals surface area contributed by atoms with Crippen LogP contribution in [0.4, 0.5) is 0 Å². The first-order chi connectivity index (χ1) is 14.5. The molecule has 1 heterocycles. The van der Waals surface area contributed by atoms with Gasteiger partial charge in [0.05, 0.1) is 25.9 Å². The Labute approximate surface area is 179 Å². The van der Waals surface area contributed by atoms with Crippen molar-refractivity contribution in [2.24, 2.45) is 4.99 Å². The summed E-state index contributed by atoms with van der Waals surface area (Å²) >= 11 is 0. The fraction of sp³-hybridized carbons (Fsp3) is 0.458. The van der Waals surface area contributed by atoms with Gasteiger partial charge in [-0.1, -0.05) is 42.0 Å². The highest BCUT2D eigenvalue weighted by Crippen LogP contribution is 2.24. The van der Waals surface area contributed by atoms with Crippen LogP contribution < -0.4 is 15.4 Å². The third-order valence-electron chi connectivity index (χ3n) is 5.08. The first-order valence-electron chi connectivity index (χ1n) is 10.7. The molecule has 2 aromatic rings. The molecule has 1 saturated heterocycles. The van der Waals surface area contributed by atoms with E-state index >= 15 is 0 Å². The van der Waals surface area contributed by atoms with Crippen molar-refractivity contribution in [3.05, 3.63) is 64.7 Å². The van der Waals surface area contributed by atoms with Crippen molar-refractivity contribution in [2.75, 3.05) is 26.3 Å². The van der Waals surface area contributed by atoms with E-state index in [2.05, 4.69) is 35.8 Å². The first-order valence-corrected chi connectivity index (χ1v) is 10.7. The molecule has 2 aromatic carbocycles. The number of hydrogen-bond donors (Lipinski definition) is 3. The van der Waals surface area contributed by atoms with Gasteiger partial charge in [0, 0.05) is 25.1 Å². The van der Waals surface area contributed by atoms with Gasteiger partial charge in [-0.15, -0.1) is 0 Å². The minimum absolute atomic E-state index is 0.102. The number of rotatable bonds is 8. The van der Waals surface area contributed by atoms with Crippen LogP contribution in [0.25, 0.3) is 0 Å². The van der Waals surface area contributed by atoms with Crippen LogP contribution >= 0.6 is 0 Å². The van der Waals surface area contributed by atoms with Gasteiger partial charge in [-0.05, 0) is 38.0 Å². The van der Waals surface area contributed by atoms with Crippen molar-refractivity contribution in [1.82, 2.24) is 10.6 Å². The molecule has 0 aromatic heterocycles. The zero-order valence-electron chi connectivity index (χ0n) is 18.1. The third-order valence-corrected chi connectivity index (χ3v) is 5.08. The molecule has 0 saturated carbocycles. The molecule has 0 bridgehead atoms. The molecule has 3 N–H and O–H groups in total. The van der Waals surface area contributed by atoms with Crippen LogP contribution in [0.5, 0.6) is 5.75 Å². The van der Waals surface area contributed by atoms with E-state index in [9.17, 15) is 5.11 Å². The summed E-state index contributed by atoms with van der Waals surface area (Å²) in [5.74, 6) is 1.53. The molecule has 1 aliphatic rings. The summed E-state index contributed by atoms with van der Waals surface area (Å²) in [6.07, 6.45) is 0.415. The number of hydrogen-bond acceptors (Lipinski definition) is 4. The van der Waals surface area contributed by atoms with E-state index < -0.39 is 6.10 Å². The van der Waals surface area contributed by atoms with Gasteiger partial charge in [0.1, 0.15) is 11.9 Å². The molecule has 1 aliphatic heterocycles. The lowest BCUT2D eigenvalue weighted by Gasteiger charge is -2.17. The molecule has 162 valence electrons. The van der Waals surface area contributed by atoms with Crippen molar-refractivity contribution in [3.63, 3.8) is 0 Å². The molecule has 0 spiro atoms. The van der Waals surface area contributed by atoms with Crippen LogP contribution in [0.2, 0.25) is 0 Å². The minimum Gasteiger partial charge on any atom is -0.488 e. The van der Waals surface area contributed by atoms with Gasteiger partial charge in [0.25, 0.3) is 0 Å². The summed E-state index contributed by atoms with van der Waals surface area (Å²) in [6.45, 7) is 9.11. The van der Waals surface area contributed by atoms with Crippen LogP contribution in [0.1, 0.15) is 41.7 Å². The van der Waals surface area contributed by atoms with Gasteiger partial charge >= 0.3 is 0 Å². The Morgan fingerprint density at radius 3 is 2.63 bits per heavy atom. The largest absolute Gasteiger partial charge is 0.488 e. The maximum atomic E-state index is 10.5. The lowest BCUT2D eigenvalue weighted by Crippen LogP contribution is -2.39. The highest BCUT2D eigenvalue weighted by molar-refractivity contribution is 5.79. The van der Waals surface area contributed by atoms with Gasteiger partial charge in [-0.3, -0.25) is 0 Å². The second-order valence-electron chi connectivity index (χ2n) is 7.72. The molecule has 3 rings (SSSR count). The average molecular weight is 412 g/mol. The Bertz CT molecular complexity index is 830. The monoisotopic (exact) mass is 411 g/mol. The number of nitrogens with one attached hydrogen (secondary N) is 2. The number of aliphatic imine (C=N–C) groups is 1. The van der Waals surface area contributed by atoms with Crippen LogP contribution in [-0.2, 0) is 11.3 Å². The van der Waals surface area contributed by atoms with Crippen LogP contribution in [-0.4, -0.2) is 43.5 Å². The number of ether oxygens (including phenoxy) is 2. The van der Waals surface area contributed by atoms with E-state index in [1.165, 1.54) is 5.56 Å². The zero-order chi connectivity index (χ0) is 21.3. The normalized spacial score (nSPS) is 17.6. The van der Waals surface area contributed by atoms with E-state index in [0.717, 1.165) is 42.0 Å².